The highest BCUT2D eigenvalue weighted by Crippen LogP contribution is 2.28. The summed E-state index contributed by atoms with van der Waals surface area (Å²) in [6.07, 6.45) is 0.283. The quantitative estimate of drug-likeness (QED) is 0.635. The number of hydrogen-bond donors (Lipinski definition) is 2. The SMILES string of the molecule is NNC(Cc1ccccc1Cl)c1c(F)cc(Br)cc1F. The van der Waals surface area contributed by atoms with Crippen LogP contribution in [0.4, 0.5) is 8.78 Å². The smallest absolute Gasteiger partial charge is 0.132 e. The van der Waals surface area contributed by atoms with Gasteiger partial charge in [-0.2, -0.15) is 0 Å². The van der Waals surface area contributed by atoms with E-state index in [1.165, 1.54) is 12.1 Å². The van der Waals surface area contributed by atoms with Crippen LogP contribution in [0.5, 0.6) is 0 Å². The minimum absolute atomic E-state index is 0.101. The zero-order valence-corrected chi connectivity index (χ0v) is 12.7. The van der Waals surface area contributed by atoms with E-state index in [1.54, 1.807) is 18.2 Å². The summed E-state index contributed by atoms with van der Waals surface area (Å²) in [4.78, 5) is 0. The molecule has 1 atom stereocenters. The maximum absolute atomic E-state index is 14.0. The molecule has 0 saturated carbocycles. The molecule has 0 aromatic heterocycles. The fourth-order valence-corrected chi connectivity index (χ4v) is 2.63. The first kappa shape index (κ1) is 15.4. The van der Waals surface area contributed by atoms with E-state index in [0.717, 1.165) is 5.56 Å². The van der Waals surface area contributed by atoms with Gasteiger partial charge in [-0.3, -0.25) is 11.3 Å². The molecule has 2 aromatic carbocycles. The third-order valence-electron chi connectivity index (χ3n) is 2.98. The molecule has 1 unspecified atom stereocenters. The molecule has 0 aliphatic rings. The van der Waals surface area contributed by atoms with Gasteiger partial charge >= 0.3 is 0 Å². The van der Waals surface area contributed by atoms with Crippen LogP contribution in [0, 0.1) is 11.6 Å². The number of nitrogens with two attached hydrogens (primary N) is 1. The van der Waals surface area contributed by atoms with Gasteiger partial charge < -0.3 is 0 Å². The Morgan fingerprint density at radius 3 is 2.35 bits per heavy atom. The Morgan fingerprint density at radius 1 is 1.20 bits per heavy atom. The third kappa shape index (κ3) is 3.35. The Kier molecular flexibility index (Phi) is 5.10. The lowest BCUT2D eigenvalue weighted by Crippen LogP contribution is -2.31. The van der Waals surface area contributed by atoms with Gasteiger partial charge in [0.15, 0.2) is 0 Å². The molecule has 6 heteroatoms. The van der Waals surface area contributed by atoms with Gasteiger partial charge in [-0.25, -0.2) is 8.78 Å². The third-order valence-corrected chi connectivity index (χ3v) is 3.80. The molecule has 2 rings (SSSR count). The van der Waals surface area contributed by atoms with Gasteiger partial charge in [0.2, 0.25) is 0 Å². The Bertz CT molecular complexity index is 599. The Balaban J connectivity index is 2.37. The minimum Gasteiger partial charge on any atom is -0.271 e. The van der Waals surface area contributed by atoms with Crippen LogP contribution in [0.1, 0.15) is 17.2 Å². The van der Waals surface area contributed by atoms with Crippen molar-refractivity contribution in [1.82, 2.24) is 5.43 Å². The van der Waals surface area contributed by atoms with E-state index in [4.69, 9.17) is 17.4 Å². The van der Waals surface area contributed by atoms with Crippen molar-refractivity contribution in [3.8, 4) is 0 Å². The fraction of sp³-hybridized carbons (Fsp3) is 0.143. The molecule has 2 nitrogen and oxygen atoms in total. The summed E-state index contributed by atoms with van der Waals surface area (Å²) >= 11 is 9.10. The average Bonchev–Trinajstić information content (AvgIpc) is 2.38. The minimum atomic E-state index is -0.706. The van der Waals surface area contributed by atoms with Crippen molar-refractivity contribution in [3.05, 3.63) is 68.7 Å². The number of hydrazine groups is 1. The lowest BCUT2D eigenvalue weighted by Gasteiger charge is -2.18. The van der Waals surface area contributed by atoms with Gasteiger partial charge in [-0.05, 0) is 30.2 Å². The van der Waals surface area contributed by atoms with Crippen molar-refractivity contribution in [1.29, 1.82) is 0 Å². The number of nitrogens with one attached hydrogen (secondary N) is 1. The monoisotopic (exact) mass is 360 g/mol. The van der Waals surface area contributed by atoms with Gasteiger partial charge in [-0.15, -0.1) is 0 Å². The predicted molar refractivity (Wildman–Crippen MR) is 79.3 cm³/mol. The van der Waals surface area contributed by atoms with Crippen molar-refractivity contribution >= 4 is 27.5 Å². The second kappa shape index (κ2) is 6.63. The van der Waals surface area contributed by atoms with E-state index in [-0.39, 0.29) is 12.0 Å². The highest BCUT2D eigenvalue weighted by Gasteiger charge is 2.21. The lowest BCUT2D eigenvalue weighted by atomic mass is 9.98. The zero-order chi connectivity index (χ0) is 14.7. The second-order valence-corrected chi connectivity index (χ2v) is 5.62. The maximum Gasteiger partial charge on any atom is 0.132 e. The van der Waals surface area contributed by atoms with Gasteiger partial charge in [0.05, 0.1) is 6.04 Å². The molecule has 106 valence electrons. The van der Waals surface area contributed by atoms with Crippen LogP contribution in [0.15, 0.2) is 40.9 Å². The van der Waals surface area contributed by atoms with Crippen LogP contribution in [0.3, 0.4) is 0 Å². The largest absolute Gasteiger partial charge is 0.271 e. The van der Waals surface area contributed by atoms with E-state index >= 15 is 0 Å². The molecule has 0 heterocycles. The first-order valence-corrected chi connectivity index (χ1v) is 7.04. The summed E-state index contributed by atoms with van der Waals surface area (Å²) in [7, 11) is 0. The highest BCUT2D eigenvalue weighted by molar-refractivity contribution is 9.10. The summed E-state index contributed by atoms with van der Waals surface area (Å²) < 4.78 is 28.2. The number of hydrogen-bond acceptors (Lipinski definition) is 2. The lowest BCUT2D eigenvalue weighted by molar-refractivity contribution is 0.472. The molecule has 20 heavy (non-hydrogen) atoms. The van der Waals surface area contributed by atoms with E-state index in [0.29, 0.717) is 9.50 Å². The predicted octanol–water partition coefficient (Wildman–Crippen LogP) is 4.13. The van der Waals surface area contributed by atoms with Crippen LogP contribution < -0.4 is 11.3 Å². The Labute approximate surface area is 129 Å². The molecule has 0 aliphatic heterocycles. The van der Waals surface area contributed by atoms with Crippen molar-refractivity contribution < 1.29 is 8.78 Å². The summed E-state index contributed by atoms with van der Waals surface area (Å²) in [5.74, 6) is 4.12. The normalized spacial score (nSPS) is 12.4. The van der Waals surface area contributed by atoms with E-state index < -0.39 is 17.7 Å². The summed E-state index contributed by atoms with van der Waals surface area (Å²) in [5, 5.41) is 0.533. The van der Waals surface area contributed by atoms with Gasteiger partial charge in [-0.1, -0.05) is 45.7 Å². The first-order chi connectivity index (χ1) is 9.52. The van der Waals surface area contributed by atoms with Gasteiger partial charge in [0.25, 0.3) is 0 Å². The molecule has 0 radical (unpaired) electrons. The zero-order valence-electron chi connectivity index (χ0n) is 10.3. The molecule has 2 aromatic rings. The maximum atomic E-state index is 14.0. The Morgan fingerprint density at radius 2 is 1.80 bits per heavy atom. The molecule has 3 N–H and O–H groups in total. The van der Waals surface area contributed by atoms with E-state index in [9.17, 15) is 8.78 Å². The number of halogens is 4. The van der Waals surface area contributed by atoms with Crippen molar-refractivity contribution in [3.63, 3.8) is 0 Å². The van der Waals surface area contributed by atoms with Crippen LogP contribution in [0.2, 0.25) is 5.02 Å². The summed E-state index contributed by atoms with van der Waals surface area (Å²) in [5.41, 5.74) is 3.10. The van der Waals surface area contributed by atoms with Crippen LogP contribution >= 0.6 is 27.5 Å². The molecule has 0 amide bonds. The molecule has 0 saturated heterocycles. The standard InChI is InChI=1S/C14H12BrClF2N2/c15-9-6-11(17)14(12(18)7-9)13(20-19)5-8-3-1-2-4-10(8)16/h1-4,6-7,13,20H,5,19H2. The van der Waals surface area contributed by atoms with Crippen LogP contribution in [0.25, 0.3) is 0 Å². The number of benzene rings is 2. The van der Waals surface area contributed by atoms with Crippen LogP contribution in [-0.4, -0.2) is 0 Å². The summed E-state index contributed by atoms with van der Waals surface area (Å²) in [6.45, 7) is 0. The van der Waals surface area contributed by atoms with E-state index in [2.05, 4.69) is 21.4 Å². The molecular formula is C14H12BrClF2N2. The molecule has 0 aliphatic carbocycles. The molecule has 0 bridgehead atoms. The van der Waals surface area contributed by atoms with Crippen molar-refractivity contribution in [2.24, 2.45) is 5.84 Å². The summed E-state index contributed by atoms with van der Waals surface area (Å²) in [6, 6.07) is 8.81. The van der Waals surface area contributed by atoms with Gasteiger partial charge in [0, 0.05) is 15.1 Å². The van der Waals surface area contributed by atoms with Crippen molar-refractivity contribution in [2.45, 2.75) is 12.5 Å². The molecule has 0 fully saturated rings. The second-order valence-electron chi connectivity index (χ2n) is 4.30. The molecule has 0 spiro atoms. The fourth-order valence-electron chi connectivity index (χ4n) is 2.01. The topological polar surface area (TPSA) is 38.0 Å². The Hall–Kier alpha value is -1.01. The van der Waals surface area contributed by atoms with E-state index in [1.807, 2.05) is 6.07 Å². The average molecular weight is 362 g/mol. The molecular weight excluding hydrogens is 350 g/mol. The van der Waals surface area contributed by atoms with Crippen LogP contribution in [-0.2, 0) is 6.42 Å². The highest BCUT2D eigenvalue weighted by atomic mass is 79.9. The van der Waals surface area contributed by atoms with Crippen molar-refractivity contribution in [2.75, 3.05) is 0 Å². The van der Waals surface area contributed by atoms with Gasteiger partial charge in [0.1, 0.15) is 11.6 Å². The number of rotatable bonds is 4. The first-order valence-electron chi connectivity index (χ1n) is 5.87.